The third-order valence-corrected chi connectivity index (χ3v) is 7.21. The predicted octanol–water partition coefficient (Wildman–Crippen LogP) is 1.63. The van der Waals surface area contributed by atoms with Gasteiger partial charge in [-0.3, -0.25) is 4.79 Å². The van der Waals surface area contributed by atoms with Crippen LogP contribution in [-0.4, -0.2) is 38.4 Å². The van der Waals surface area contributed by atoms with Crippen LogP contribution in [0.3, 0.4) is 0 Å². The van der Waals surface area contributed by atoms with Crippen molar-refractivity contribution in [1.29, 1.82) is 0 Å². The number of carbonyl (C=O) groups excluding carboxylic acids is 1. The van der Waals surface area contributed by atoms with Crippen LogP contribution < -0.4 is 10.4 Å². The topological polar surface area (TPSA) is 55.8 Å². The number of hydrogen-bond acceptors (Lipinski definition) is 4. The Hall–Kier alpha value is -1.95. The first-order chi connectivity index (χ1) is 12.3. The number of benzene rings is 2. The molecule has 0 amide bonds. The minimum atomic E-state index is -2.06. The summed E-state index contributed by atoms with van der Waals surface area (Å²) >= 11 is 0. The Labute approximate surface area is 156 Å². The summed E-state index contributed by atoms with van der Waals surface area (Å²) in [7, 11) is -2.06. The van der Waals surface area contributed by atoms with E-state index in [9.17, 15) is 9.90 Å². The molecule has 2 aromatic rings. The van der Waals surface area contributed by atoms with Crippen molar-refractivity contribution in [1.82, 2.24) is 0 Å². The smallest absolute Gasteiger partial charge is 0.309 e. The molecule has 3 rings (SSSR count). The molecule has 1 aliphatic heterocycles. The summed E-state index contributed by atoms with van der Waals surface area (Å²) in [5, 5.41) is 13.4. The van der Waals surface area contributed by atoms with Gasteiger partial charge in [0.15, 0.2) is 0 Å². The van der Waals surface area contributed by atoms with Gasteiger partial charge in [0, 0.05) is 0 Å². The molecule has 1 N–H and O–H groups in total. The molecular formula is C21H26O4Si. The molecule has 5 heteroatoms. The zero-order chi connectivity index (χ0) is 18.8. The Balaban J connectivity index is 1.99. The van der Waals surface area contributed by atoms with E-state index < -0.39 is 20.7 Å². The Bertz CT molecular complexity index is 702. The zero-order valence-corrected chi connectivity index (χ0v) is 16.7. The van der Waals surface area contributed by atoms with Crippen LogP contribution in [0.1, 0.15) is 27.2 Å². The normalized spacial score (nSPS) is 21.7. The van der Waals surface area contributed by atoms with Gasteiger partial charge in [-0.2, -0.15) is 0 Å². The fourth-order valence-electron chi connectivity index (χ4n) is 3.60. The van der Waals surface area contributed by atoms with Gasteiger partial charge in [-0.25, -0.2) is 0 Å². The van der Waals surface area contributed by atoms with Crippen LogP contribution in [0.25, 0.3) is 0 Å². The summed E-state index contributed by atoms with van der Waals surface area (Å²) in [6.07, 6.45) is -0.543. The third kappa shape index (κ3) is 4.06. The van der Waals surface area contributed by atoms with E-state index in [1.54, 1.807) is 0 Å². The van der Waals surface area contributed by atoms with E-state index in [0.29, 0.717) is 0 Å². The fraction of sp³-hybridized carbons (Fsp3) is 0.381. The number of cyclic esters (lactones) is 1. The van der Waals surface area contributed by atoms with Gasteiger partial charge in [-0.05, 0) is 15.8 Å². The summed E-state index contributed by atoms with van der Waals surface area (Å²) in [5.74, 6) is -0.372. The summed E-state index contributed by atoms with van der Waals surface area (Å²) in [6.45, 7) is 6.07. The maximum absolute atomic E-state index is 11.7. The summed E-state index contributed by atoms with van der Waals surface area (Å²) < 4.78 is 11.8. The summed E-state index contributed by atoms with van der Waals surface area (Å²) in [4.78, 5) is 11.7. The summed E-state index contributed by atoms with van der Waals surface area (Å²) in [6, 6.07) is 20.3. The number of ether oxygens (including phenoxy) is 1. The highest BCUT2D eigenvalue weighted by atomic mass is 28.3. The number of rotatable bonds is 5. The van der Waals surface area contributed by atoms with Gasteiger partial charge in [0.25, 0.3) is 0 Å². The second-order valence-corrected chi connectivity index (χ2v) is 10.4. The molecule has 4 nitrogen and oxygen atoms in total. The standard InChI is InChI=1S/C21H26O4Si/c1-20(2,3)19(21(23)14-18(22)24-15-21)25-26(16-10-6-4-7-11-16)17-12-8-5-9-13-17/h4-13,19,23,26H,14-15H2,1-3H3. The molecular weight excluding hydrogens is 344 g/mol. The lowest BCUT2D eigenvalue weighted by molar-refractivity contribution is -0.138. The number of carbonyl (C=O) groups is 1. The van der Waals surface area contributed by atoms with Crippen molar-refractivity contribution < 1.29 is 19.1 Å². The number of aliphatic hydroxyl groups is 1. The quantitative estimate of drug-likeness (QED) is 0.642. The number of hydrogen-bond donors (Lipinski definition) is 1. The minimum Gasteiger partial charge on any atom is -0.462 e. The molecule has 0 radical (unpaired) electrons. The van der Waals surface area contributed by atoms with Crippen LogP contribution in [0.5, 0.6) is 0 Å². The molecule has 1 saturated heterocycles. The highest BCUT2D eigenvalue weighted by Crippen LogP contribution is 2.36. The molecule has 0 aromatic heterocycles. The largest absolute Gasteiger partial charge is 0.462 e. The second-order valence-electron chi connectivity index (χ2n) is 8.02. The molecule has 2 aromatic carbocycles. The van der Waals surface area contributed by atoms with Crippen LogP contribution in [0.15, 0.2) is 60.7 Å². The van der Waals surface area contributed by atoms with E-state index >= 15 is 0 Å². The van der Waals surface area contributed by atoms with Gasteiger partial charge >= 0.3 is 5.97 Å². The first-order valence-electron chi connectivity index (χ1n) is 8.93. The number of esters is 1. The minimum absolute atomic E-state index is 0.0154. The zero-order valence-electron chi connectivity index (χ0n) is 15.5. The van der Waals surface area contributed by atoms with Crippen molar-refractivity contribution in [2.75, 3.05) is 6.61 Å². The van der Waals surface area contributed by atoms with Gasteiger partial charge in [0.1, 0.15) is 12.2 Å². The van der Waals surface area contributed by atoms with Crippen LogP contribution >= 0.6 is 0 Å². The van der Waals surface area contributed by atoms with Crippen molar-refractivity contribution in [3.8, 4) is 0 Å². The summed E-state index contributed by atoms with van der Waals surface area (Å²) in [5.41, 5.74) is -1.65. The third-order valence-electron chi connectivity index (χ3n) is 4.68. The molecule has 0 bridgehead atoms. The van der Waals surface area contributed by atoms with Crippen molar-refractivity contribution in [3.63, 3.8) is 0 Å². The molecule has 0 spiro atoms. The first kappa shape index (κ1) is 18.8. The van der Waals surface area contributed by atoms with E-state index in [1.165, 1.54) is 0 Å². The van der Waals surface area contributed by atoms with Crippen molar-refractivity contribution in [3.05, 3.63) is 60.7 Å². The highest BCUT2D eigenvalue weighted by molar-refractivity contribution is 6.80. The SMILES string of the molecule is CC(C)(C)C(O[SiH](c1ccccc1)c1ccccc1)C1(O)COC(=O)C1. The van der Waals surface area contributed by atoms with Gasteiger partial charge in [-0.15, -0.1) is 0 Å². The Morgan fingerprint density at radius 1 is 1.04 bits per heavy atom. The van der Waals surface area contributed by atoms with Gasteiger partial charge < -0.3 is 14.3 Å². The van der Waals surface area contributed by atoms with Crippen molar-refractivity contribution in [2.24, 2.45) is 5.41 Å². The Kier molecular flexibility index (Phi) is 5.32. The van der Waals surface area contributed by atoms with Crippen LogP contribution in [0, 0.1) is 5.41 Å². The van der Waals surface area contributed by atoms with Crippen LogP contribution in [0.4, 0.5) is 0 Å². The molecule has 1 heterocycles. The van der Waals surface area contributed by atoms with Gasteiger partial charge in [0.2, 0.25) is 9.04 Å². The van der Waals surface area contributed by atoms with Crippen LogP contribution in [-0.2, 0) is 14.0 Å². The van der Waals surface area contributed by atoms with E-state index in [4.69, 9.17) is 9.16 Å². The van der Waals surface area contributed by atoms with E-state index in [1.807, 2.05) is 57.2 Å². The Morgan fingerprint density at radius 2 is 1.54 bits per heavy atom. The lowest BCUT2D eigenvalue weighted by atomic mass is 9.78. The predicted molar refractivity (Wildman–Crippen MR) is 104 cm³/mol. The average Bonchev–Trinajstić information content (AvgIpc) is 2.95. The molecule has 2 atom stereocenters. The van der Waals surface area contributed by atoms with E-state index in [2.05, 4.69) is 24.3 Å². The lowest BCUT2D eigenvalue weighted by Gasteiger charge is -2.41. The lowest BCUT2D eigenvalue weighted by Crippen LogP contribution is -2.58. The monoisotopic (exact) mass is 370 g/mol. The fourth-order valence-corrected chi connectivity index (χ4v) is 6.38. The molecule has 0 aliphatic carbocycles. The van der Waals surface area contributed by atoms with Gasteiger partial charge in [0.05, 0.1) is 12.5 Å². The maximum Gasteiger partial charge on any atom is 0.309 e. The molecule has 0 saturated carbocycles. The van der Waals surface area contributed by atoms with E-state index in [0.717, 1.165) is 10.4 Å². The van der Waals surface area contributed by atoms with Crippen molar-refractivity contribution in [2.45, 2.75) is 38.9 Å². The van der Waals surface area contributed by atoms with Gasteiger partial charge in [-0.1, -0.05) is 81.4 Å². The first-order valence-corrected chi connectivity index (χ1v) is 10.6. The maximum atomic E-state index is 11.7. The molecule has 138 valence electrons. The molecule has 26 heavy (non-hydrogen) atoms. The van der Waals surface area contributed by atoms with Crippen molar-refractivity contribution >= 4 is 25.4 Å². The molecule has 1 aliphatic rings. The van der Waals surface area contributed by atoms with Crippen LogP contribution in [0.2, 0.25) is 0 Å². The van der Waals surface area contributed by atoms with E-state index in [-0.39, 0.29) is 24.4 Å². The Morgan fingerprint density at radius 3 is 1.92 bits per heavy atom. The second kappa shape index (κ2) is 7.35. The average molecular weight is 371 g/mol. The molecule has 2 unspecified atom stereocenters. The highest BCUT2D eigenvalue weighted by Gasteiger charge is 2.51. The molecule has 1 fully saturated rings.